The minimum absolute atomic E-state index is 0.0275. The molecule has 0 radical (unpaired) electrons. The summed E-state index contributed by atoms with van der Waals surface area (Å²) in [5, 5.41) is 5.36. The fraction of sp³-hybridized carbons (Fsp3) is 0.550. The highest BCUT2D eigenvalue weighted by Crippen LogP contribution is 2.22. The lowest BCUT2D eigenvalue weighted by Crippen LogP contribution is -2.45. The van der Waals surface area contributed by atoms with Crippen molar-refractivity contribution in [1.82, 2.24) is 10.6 Å². The summed E-state index contributed by atoms with van der Waals surface area (Å²) >= 11 is 0. The molecular formula is C20H30N2O4. The highest BCUT2D eigenvalue weighted by atomic mass is 16.5. The molecule has 0 heterocycles. The van der Waals surface area contributed by atoms with E-state index in [-0.39, 0.29) is 36.1 Å². The van der Waals surface area contributed by atoms with Crippen LogP contribution in [0.25, 0.3) is 0 Å². The molecule has 6 nitrogen and oxygen atoms in total. The molecule has 0 spiro atoms. The summed E-state index contributed by atoms with van der Waals surface area (Å²) in [5.41, 5.74) is 1.73. The number of nitrogens with one attached hydrogen (secondary N) is 2. The van der Waals surface area contributed by atoms with Gasteiger partial charge in [-0.25, -0.2) is 4.79 Å². The smallest absolute Gasteiger partial charge is 0.328 e. The van der Waals surface area contributed by atoms with Crippen LogP contribution < -0.4 is 10.6 Å². The Kier molecular flexibility index (Phi) is 7.80. The van der Waals surface area contributed by atoms with Crippen molar-refractivity contribution in [2.75, 3.05) is 13.7 Å². The number of benzene rings is 1. The Morgan fingerprint density at radius 2 is 1.65 bits per heavy atom. The number of esters is 1. The van der Waals surface area contributed by atoms with Crippen LogP contribution in [0.15, 0.2) is 24.3 Å². The van der Waals surface area contributed by atoms with Crippen molar-refractivity contribution >= 4 is 17.8 Å². The third kappa shape index (κ3) is 6.50. The molecule has 2 amide bonds. The van der Waals surface area contributed by atoms with Gasteiger partial charge in [0.05, 0.1) is 7.11 Å². The Morgan fingerprint density at radius 1 is 1.08 bits per heavy atom. The maximum Gasteiger partial charge on any atom is 0.328 e. The maximum atomic E-state index is 12.2. The minimum atomic E-state index is -0.687. The molecule has 0 saturated carbocycles. The quantitative estimate of drug-likeness (QED) is 0.730. The third-order valence-electron chi connectivity index (χ3n) is 4.09. The zero-order valence-corrected chi connectivity index (χ0v) is 16.5. The van der Waals surface area contributed by atoms with E-state index in [1.54, 1.807) is 12.1 Å². The van der Waals surface area contributed by atoms with Gasteiger partial charge >= 0.3 is 5.97 Å². The predicted octanol–water partition coefficient (Wildman–Crippen LogP) is 2.42. The molecule has 0 bridgehead atoms. The van der Waals surface area contributed by atoms with Crippen molar-refractivity contribution in [3.63, 3.8) is 0 Å². The summed E-state index contributed by atoms with van der Waals surface area (Å²) in [7, 11) is 1.29. The van der Waals surface area contributed by atoms with Gasteiger partial charge in [-0.1, -0.05) is 46.8 Å². The van der Waals surface area contributed by atoms with E-state index < -0.39 is 12.0 Å². The van der Waals surface area contributed by atoms with Crippen LogP contribution in [0.4, 0.5) is 0 Å². The lowest BCUT2D eigenvalue weighted by Gasteiger charge is -2.20. The normalized spacial score (nSPS) is 12.4. The van der Waals surface area contributed by atoms with E-state index in [1.165, 1.54) is 7.11 Å². The Bertz CT molecular complexity index is 630. The van der Waals surface area contributed by atoms with E-state index in [0.29, 0.717) is 5.56 Å². The molecule has 2 N–H and O–H groups in total. The van der Waals surface area contributed by atoms with Gasteiger partial charge in [-0.2, -0.15) is 0 Å². The highest BCUT2D eigenvalue weighted by Gasteiger charge is 2.24. The lowest BCUT2D eigenvalue weighted by molar-refractivity contribution is -0.146. The molecule has 1 rings (SSSR count). The largest absolute Gasteiger partial charge is 0.467 e. The Morgan fingerprint density at radius 3 is 2.12 bits per heavy atom. The Hall–Kier alpha value is -2.37. The molecule has 0 fully saturated rings. The summed E-state index contributed by atoms with van der Waals surface area (Å²) in [6.45, 7) is 10.2. The van der Waals surface area contributed by atoms with E-state index in [1.807, 2.05) is 26.0 Å². The van der Waals surface area contributed by atoms with Crippen molar-refractivity contribution in [3.05, 3.63) is 35.4 Å². The predicted molar refractivity (Wildman–Crippen MR) is 101 cm³/mol. The fourth-order valence-electron chi connectivity index (χ4n) is 2.38. The molecule has 1 unspecified atom stereocenters. The SMILES string of the molecule is COC(=O)C(NC(=O)CCNC(=O)c1ccc(C(C)(C)C)cc1)C(C)C. The van der Waals surface area contributed by atoms with Gasteiger partial charge < -0.3 is 15.4 Å². The van der Waals surface area contributed by atoms with E-state index in [4.69, 9.17) is 0 Å². The van der Waals surface area contributed by atoms with Gasteiger partial charge in [-0.3, -0.25) is 9.59 Å². The number of ether oxygens (including phenoxy) is 1. The topological polar surface area (TPSA) is 84.5 Å². The first-order chi connectivity index (χ1) is 12.1. The number of amides is 2. The van der Waals surface area contributed by atoms with Gasteiger partial charge in [-0.05, 0) is 29.0 Å². The second-order valence-corrected chi connectivity index (χ2v) is 7.65. The summed E-state index contributed by atoms with van der Waals surface area (Å²) in [5.74, 6) is -1.09. The maximum absolute atomic E-state index is 12.2. The van der Waals surface area contributed by atoms with Crippen LogP contribution in [0.3, 0.4) is 0 Å². The molecule has 6 heteroatoms. The summed E-state index contributed by atoms with van der Waals surface area (Å²) in [6.07, 6.45) is 0.0893. The molecule has 26 heavy (non-hydrogen) atoms. The molecular weight excluding hydrogens is 332 g/mol. The Balaban J connectivity index is 2.50. The molecule has 1 aromatic rings. The van der Waals surface area contributed by atoms with E-state index in [2.05, 4.69) is 36.1 Å². The van der Waals surface area contributed by atoms with Crippen LogP contribution in [-0.2, 0) is 19.7 Å². The third-order valence-corrected chi connectivity index (χ3v) is 4.09. The molecule has 0 aromatic heterocycles. The van der Waals surface area contributed by atoms with Gasteiger partial charge in [-0.15, -0.1) is 0 Å². The average Bonchev–Trinajstić information content (AvgIpc) is 2.58. The number of rotatable bonds is 7. The van der Waals surface area contributed by atoms with Crippen molar-refractivity contribution in [1.29, 1.82) is 0 Å². The van der Waals surface area contributed by atoms with Crippen LogP contribution in [0, 0.1) is 5.92 Å². The number of hydrogen-bond donors (Lipinski definition) is 2. The van der Waals surface area contributed by atoms with E-state index in [9.17, 15) is 14.4 Å². The van der Waals surface area contributed by atoms with Crippen LogP contribution in [0.5, 0.6) is 0 Å². The summed E-state index contributed by atoms with van der Waals surface area (Å²) in [4.78, 5) is 35.8. The van der Waals surface area contributed by atoms with Crippen LogP contribution in [0.2, 0.25) is 0 Å². The zero-order valence-electron chi connectivity index (χ0n) is 16.5. The van der Waals surface area contributed by atoms with E-state index in [0.717, 1.165) is 5.56 Å². The fourth-order valence-corrected chi connectivity index (χ4v) is 2.38. The van der Waals surface area contributed by atoms with Crippen molar-refractivity contribution in [2.45, 2.75) is 52.5 Å². The number of hydrogen-bond acceptors (Lipinski definition) is 4. The molecule has 1 aromatic carbocycles. The van der Waals surface area contributed by atoms with Gasteiger partial charge in [0.25, 0.3) is 5.91 Å². The standard InChI is InChI=1S/C20H30N2O4/c1-13(2)17(19(25)26-6)22-16(23)11-12-21-18(24)14-7-9-15(10-8-14)20(3,4)5/h7-10,13,17H,11-12H2,1-6H3,(H,21,24)(H,22,23). The average molecular weight is 362 g/mol. The first-order valence-corrected chi connectivity index (χ1v) is 8.82. The van der Waals surface area contributed by atoms with Crippen molar-refractivity contribution in [3.8, 4) is 0 Å². The molecule has 0 saturated heterocycles. The molecule has 0 aliphatic heterocycles. The Labute approximate surface area is 155 Å². The second kappa shape index (κ2) is 9.36. The zero-order chi connectivity index (χ0) is 19.9. The molecule has 144 valence electrons. The van der Waals surface area contributed by atoms with Crippen molar-refractivity contribution < 1.29 is 19.1 Å². The van der Waals surface area contributed by atoms with Crippen LogP contribution in [-0.4, -0.2) is 37.5 Å². The van der Waals surface area contributed by atoms with Crippen LogP contribution in [0.1, 0.15) is 57.0 Å². The number of carbonyl (C=O) groups excluding carboxylic acids is 3. The van der Waals surface area contributed by atoms with Gasteiger partial charge in [0, 0.05) is 18.5 Å². The van der Waals surface area contributed by atoms with Gasteiger partial charge in [0.2, 0.25) is 5.91 Å². The molecule has 1 atom stereocenters. The molecule has 0 aliphatic rings. The van der Waals surface area contributed by atoms with E-state index >= 15 is 0 Å². The molecule has 0 aliphatic carbocycles. The van der Waals surface area contributed by atoms with Gasteiger partial charge in [0.1, 0.15) is 6.04 Å². The highest BCUT2D eigenvalue weighted by molar-refractivity contribution is 5.94. The first-order valence-electron chi connectivity index (χ1n) is 8.82. The lowest BCUT2D eigenvalue weighted by atomic mass is 9.87. The first kappa shape index (κ1) is 21.7. The second-order valence-electron chi connectivity index (χ2n) is 7.65. The number of carbonyl (C=O) groups is 3. The monoisotopic (exact) mass is 362 g/mol. The number of methoxy groups -OCH3 is 1. The van der Waals surface area contributed by atoms with Crippen molar-refractivity contribution in [2.24, 2.45) is 5.92 Å². The van der Waals surface area contributed by atoms with Crippen LogP contribution >= 0.6 is 0 Å². The van der Waals surface area contributed by atoms with Gasteiger partial charge in [0.15, 0.2) is 0 Å². The minimum Gasteiger partial charge on any atom is -0.467 e. The summed E-state index contributed by atoms with van der Waals surface area (Å²) < 4.78 is 4.69. The summed E-state index contributed by atoms with van der Waals surface area (Å²) in [6, 6.07) is 6.74.